The maximum Gasteiger partial charge on any atom is 0.222 e. The molecule has 1 aliphatic carbocycles. The number of amides is 1. The summed E-state index contributed by atoms with van der Waals surface area (Å²) in [6.07, 6.45) is 8.61. The molecule has 0 atom stereocenters. The Morgan fingerprint density at radius 2 is 1.89 bits per heavy atom. The molecule has 104 valence electrons. The monoisotopic (exact) mass is 252 g/mol. The SMILES string of the molecule is CC(C)C1(N)CN(C(=O)CCC2CCCCC2)C1. The van der Waals surface area contributed by atoms with Gasteiger partial charge >= 0.3 is 0 Å². The molecule has 1 saturated heterocycles. The lowest BCUT2D eigenvalue weighted by atomic mass is 9.80. The topological polar surface area (TPSA) is 46.3 Å². The van der Waals surface area contributed by atoms with Gasteiger partial charge in [-0.2, -0.15) is 0 Å². The molecule has 3 heteroatoms. The maximum absolute atomic E-state index is 12.0. The van der Waals surface area contributed by atoms with Gasteiger partial charge in [-0.3, -0.25) is 4.79 Å². The van der Waals surface area contributed by atoms with Crippen molar-refractivity contribution < 1.29 is 4.79 Å². The van der Waals surface area contributed by atoms with Gasteiger partial charge in [0.25, 0.3) is 0 Å². The zero-order chi connectivity index (χ0) is 13.2. The Hall–Kier alpha value is -0.570. The zero-order valence-corrected chi connectivity index (χ0v) is 12.0. The molecule has 0 radical (unpaired) electrons. The van der Waals surface area contributed by atoms with Gasteiger partial charge in [-0.05, 0) is 18.3 Å². The molecule has 0 spiro atoms. The first-order chi connectivity index (χ1) is 8.51. The Morgan fingerprint density at radius 1 is 1.28 bits per heavy atom. The van der Waals surface area contributed by atoms with E-state index < -0.39 is 0 Å². The fourth-order valence-corrected chi connectivity index (χ4v) is 3.17. The molecule has 0 aromatic carbocycles. The van der Waals surface area contributed by atoms with Crippen LogP contribution in [0.1, 0.15) is 58.8 Å². The van der Waals surface area contributed by atoms with Crippen LogP contribution in [-0.2, 0) is 4.79 Å². The van der Waals surface area contributed by atoms with Gasteiger partial charge in [-0.1, -0.05) is 46.0 Å². The molecule has 1 aliphatic heterocycles. The normalized spacial score (nSPS) is 24.1. The van der Waals surface area contributed by atoms with Crippen LogP contribution in [0.4, 0.5) is 0 Å². The quantitative estimate of drug-likeness (QED) is 0.835. The lowest BCUT2D eigenvalue weighted by molar-refractivity contribution is -0.140. The van der Waals surface area contributed by atoms with E-state index in [9.17, 15) is 4.79 Å². The van der Waals surface area contributed by atoms with E-state index in [1.807, 2.05) is 4.90 Å². The molecule has 18 heavy (non-hydrogen) atoms. The third-order valence-electron chi connectivity index (χ3n) is 4.96. The Bertz CT molecular complexity index is 289. The molecule has 0 unspecified atom stereocenters. The molecule has 3 nitrogen and oxygen atoms in total. The second-order valence-electron chi connectivity index (χ2n) is 6.68. The molecule has 1 saturated carbocycles. The lowest BCUT2D eigenvalue weighted by Crippen LogP contribution is -2.71. The molecule has 2 aliphatic rings. The first-order valence-electron chi connectivity index (χ1n) is 7.58. The highest BCUT2D eigenvalue weighted by Crippen LogP contribution is 2.30. The van der Waals surface area contributed by atoms with Crippen LogP contribution in [0.2, 0.25) is 0 Å². The largest absolute Gasteiger partial charge is 0.339 e. The van der Waals surface area contributed by atoms with Crippen molar-refractivity contribution in [2.24, 2.45) is 17.6 Å². The predicted octanol–water partition coefficient (Wildman–Crippen LogP) is 2.54. The predicted molar refractivity (Wildman–Crippen MR) is 74.1 cm³/mol. The minimum absolute atomic E-state index is 0.125. The molecule has 2 fully saturated rings. The summed E-state index contributed by atoms with van der Waals surface area (Å²) in [5, 5.41) is 0. The second kappa shape index (κ2) is 5.60. The van der Waals surface area contributed by atoms with Gasteiger partial charge in [0.1, 0.15) is 0 Å². The number of nitrogens with two attached hydrogens (primary N) is 1. The van der Waals surface area contributed by atoms with Gasteiger partial charge < -0.3 is 10.6 Å². The van der Waals surface area contributed by atoms with Crippen molar-refractivity contribution in [1.82, 2.24) is 4.90 Å². The Balaban J connectivity index is 1.67. The third-order valence-corrected chi connectivity index (χ3v) is 4.96. The van der Waals surface area contributed by atoms with Crippen molar-refractivity contribution in [1.29, 1.82) is 0 Å². The second-order valence-corrected chi connectivity index (χ2v) is 6.68. The zero-order valence-electron chi connectivity index (χ0n) is 12.0. The van der Waals surface area contributed by atoms with Gasteiger partial charge in [0.2, 0.25) is 5.91 Å². The molecular formula is C15H28N2O. The van der Waals surface area contributed by atoms with E-state index in [0.29, 0.717) is 11.8 Å². The van der Waals surface area contributed by atoms with Crippen LogP contribution >= 0.6 is 0 Å². The molecule has 0 bridgehead atoms. The molecular weight excluding hydrogens is 224 g/mol. The van der Waals surface area contributed by atoms with Crippen LogP contribution < -0.4 is 5.73 Å². The Kier molecular flexibility index (Phi) is 4.31. The molecule has 2 rings (SSSR count). The van der Waals surface area contributed by atoms with Crippen molar-refractivity contribution >= 4 is 5.91 Å². The molecule has 1 amide bonds. The summed E-state index contributed by atoms with van der Waals surface area (Å²) in [5.41, 5.74) is 6.09. The van der Waals surface area contributed by atoms with Crippen molar-refractivity contribution in [3.05, 3.63) is 0 Å². The highest BCUT2D eigenvalue weighted by molar-refractivity contribution is 5.77. The summed E-state index contributed by atoms with van der Waals surface area (Å²) < 4.78 is 0. The number of rotatable bonds is 4. The van der Waals surface area contributed by atoms with Gasteiger partial charge in [-0.15, -0.1) is 0 Å². The summed E-state index contributed by atoms with van der Waals surface area (Å²) in [4.78, 5) is 14.0. The fraction of sp³-hybridized carbons (Fsp3) is 0.933. The van der Waals surface area contributed by atoms with E-state index >= 15 is 0 Å². The van der Waals surface area contributed by atoms with E-state index in [1.165, 1.54) is 32.1 Å². The molecule has 0 aromatic heterocycles. The molecule has 2 N–H and O–H groups in total. The smallest absolute Gasteiger partial charge is 0.222 e. The van der Waals surface area contributed by atoms with Crippen molar-refractivity contribution in [3.63, 3.8) is 0 Å². The van der Waals surface area contributed by atoms with Crippen molar-refractivity contribution in [2.75, 3.05) is 13.1 Å². The standard InChI is InChI=1S/C15H28N2O/c1-12(2)15(16)10-17(11-15)14(18)9-8-13-6-4-3-5-7-13/h12-13H,3-11,16H2,1-2H3. The maximum atomic E-state index is 12.0. The van der Waals surface area contributed by atoms with Gasteiger partial charge in [0.05, 0.1) is 5.54 Å². The number of carbonyl (C=O) groups is 1. The average molecular weight is 252 g/mol. The van der Waals surface area contributed by atoms with Crippen LogP contribution in [0.3, 0.4) is 0 Å². The minimum atomic E-state index is -0.125. The summed E-state index contributed by atoms with van der Waals surface area (Å²) in [6.45, 7) is 5.80. The van der Waals surface area contributed by atoms with Crippen LogP contribution in [-0.4, -0.2) is 29.4 Å². The average Bonchev–Trinajstić information content (AvgIpc) is 2.33. The number of hydrogen-bond acceptors (Lipinski definition) is 2. The van der Waals surface area contributed by atoms with E-state index in [-0.39, 0.29) is 5.54 Å². The summed E-state index contributed by atoms with van der Waals surface area (Å²) in [7, 11) is 0. The van der Waals surface area contributed by atoms with Gasteiger partial charge in [-0.25, -0.2) is 0 Å². The van der Waals surface area contributed by atoms with Crippen LogP contribution in [0.5, 0.6) is 0 Å². The summed E-state index contributed by atoms with van der Waals surface area (Å²) in [5.74, 6) is 1.58. The third kappa shape index (κ3) is 3.05. The van der Waals surface area contributed by atoms with Crippen LogP contribution in [0.25, 0.3) is 0 Å². The molecule has 0 aromatic rings. The highest BCUT2D eigenvalue weighted by atomic mass is 16.2. The lowest BCUT2D eigenvalue weighted by Gasteiger charge is -2.50. The van der Waals surface area contributed by atoms with E-state index in [2.05, 4.69) is 13.8 Å². The van der Waals surface area contributed by atoms with Gasteiger partial charge in [0.15, 0.2) is 0 Å². The minimum Gasteiger partial charge on any atom is -0.339 e. The van der Waals surface area contributed by atoms with Crippen LogP contribution in [0.15, 0.2) is 0 Å². The highest BCUT2D eigenvalue weighted by Gasteiger charge is 2.43. The Morgan fingerprint density at radius 3 is 2.44 bits per heavy atom. The summed E-state index contributed by atoms with van der Waals surface area (Å²) >= 11 is 0. The first kappa shape index (κ1) is 13.9. The first-order valence-corrected chi connectivity index (χ1v) is 7.58. The number of likely N-dealkylation sites (tertiary alicyclic amines) is 1. The van der Waals surface area contributed by atoms with E-state index in [1.54, 1.807) is 0 Å². The van der Waals surface area contributed by atoms with E-state index in [4.69, 9.17) is 5.73 Å². The van der Waals surface area contributed by atoms with Crippen molar-refractivity contribution in [3.8, 4) is 0 Å². The number of nitrogens with zero attached hydrogens (tertiary/aromatic N) is 1. The van der Waals surface area contributed by atoms with Crippen molar-refractivity contribution in [2.45, 2.75) is 64.3 Å². The summed E-state index contributed by atoms with van der Waals surface area (Å²) in [6, 6.07) is 0. The molecule has 1 heterocycles. The van der Waals surface area contributed by atoms with E-state index in [0.717, 1.165) is 31.8 Å². The number of carbonyl (C=O) groups excluding carboxylic acids is 1. The van der Waals surface area contributed by atoms with Crippen LogP contribution in [0, 0.1) is 11.8 Å². The Labute approximate surface area is 111 Å². The fourth-order valence-electron chi connectivity index (χ4n) is 3.17. The number of hydrogen-bond donors (Lipinski definition) is 1. The van der Waals surface area contributed by atoms with Gasteiger partial charge in [0, 0.05) is 19.5 Å².